The first-order valence-electron chi connectivity index (χ1n) is 2.75. The Hall–Kier alpha value is -0.900. The molecule has 5 heteroatoms. The van der Waals surface area contributed by atoms with Gasteiger partial charge in [0.25, 0.3) is 0 Å². The molecule has 0 aromatic carbocycles. The summed E-state index contributed by atoms with van der Waals surface area (Å²) < 4.78 is 12.3. The van der Waals surface area contributed by atoms with Crippen molar-refractivity contribution in [1.29, 1.82) is 0 Å². The first-order valence-corrected chi connectivity index (χ1v) is 3.13. The third-order valence-corrected chi connectivity index (χ3v) is 0.879. The topological polar surface area (TPSA) is 49.7 Å². The number of aliphatic carboxylic acids is 1. The molecule has 0 spiro atoms. The first-order chi connectivity index (χ1) is 4.95. The molecule has 0 rings (SSSR count). The number of halogens is 2. The van der Waals surface area contributed by atoms with Crippen LogP contribution in [0.3, 0.4) is 0 Å². The van der Waals surface area contributed by atoms with E-state index in [4.69, 9.17) is 16.7 Å². The Morgan fingerprint density at radius 3 is 2.09 bits per heavy atom. The number of nitrogens with zero attached hydrogens (tertiary/aromatic N) is 1. The van der Waals surface area contributed by atoms with Gasteiger partial charge in [0.15, 0.2) is 5.70 Å². The molecule has 0 amide bonds. The zero-order valence-corrected chi connectivity index (χ0v) is 6.81. The van der Waals surface area contributed by atoms with Gasteiger partial charge in [0.1, 0.15) is 11.0 Å². The maximum atomic E-state index is 12.3. The van der Waals surface area contributed by atoms with E-state index in [1.807, 2.05) is 0 Å². The highest BCUT2D eigenvalue weighted by atomic mass is 35.5. The molecule has 0 saturated heterocycles. The third kappa shape index (κ3) is 3.72. The van der Waals surface area contributed by atoms with Crippen LogP contribution in [0.1, 0.15) is 13.8 Å². The molecule has 0 aliphatic rings. The maximum absolute atomic E-state index is 12.3. The van der Waals surface area contributed by atoms with Gasteiger partial charge in [-0.25, -0.2) is 14.2 Å². The number of carbonyl (C=O) groups is 1. The lowest BCUT2D eigenvalue weighted by atomic mass is 10.4. The molecule has 3 nitrogen and oxygen atoms in total. The Balaban J connectivity index is 4.81. The quantitative estimate of drug-likeness (QED) is 0.520. The predicted molar refractivity (Wildman–Crippen MR) is 40.4 cm³/mol. The molecule has 0 aromatic rings. The molecule has 0 fully saturated rings. The number of carboxylic acids is 1. The van der Waals surface area contributed by atoms with Crippen molar-refractivity contribution in [3.63, 3.8) is 0 Å². The van der Waals surface area contributed by atoms with E-state index in [0.717, 1.165) is 6.92 Å². The van der Waals surface area contributed by atoms with E-state index in [1.54, 1.807) is 0 Å². The fourth-order valence-corrected chi connectivity index (χ4v) is 0.511. The van der Waals surface area contributed by atoms with Gasteiger partial charge in [0, 0.05) is 0 Å². The number of carboxylic acid groups (broad SMARTS) is 1. The van der Waals surface area contributed by atoms with Crippen molar-refractivity contribution >= 4 is 22.7 Å². The van der Waals surface area contributed by atoms with Gasteiger partial charge in [-0.05, 0) is 13.8 Å². The molecule has 0 unspecified atom stereocenters. The largest absolute Gasteiger partial charge is 0.476 e. The van der Waals surface area contributed by atoms with E-state index in [-0.39, 0.29) is 5.17 Å². The average Bonchev–Trinajstić information content (AvgIpc) is 1.81. The molecule has 0 aromatic heterocycles. The van der Waals surface area contributed by atoms with E-state index < -0.39 is 17.5 Å². The zero-order chi connectivity index (χ0) is 9.02. The highest BCUT2D eigenvalue weighted by Gasteiger charge is 2.09. The molecule has 0 atom stereocenters. The average molecular weight is 180 g/mol. The van der Waals surface area contributed by atoms with E-state index in [1.165, 1.54) is 6.92 Å². The second-order valence-corrected chi connectivity index (χ2v) is 2.34. The third-order valence-electron chi connectivity index (χ3n) is 0.795. The highest BCUT2D eigenvalue weighted by molar-refractivity contribution is 6.65. The smallest absolute Gasteiger partial charge is 0.357 e. The van der Waals surface area contributed by atoms with Crippen molar-refractivity contribution in [2.24, 2.45) is 4.99 Å². The summed E-state index contributed by atoms with van der Waals surface area (Å²) in [4.78, 5) is 13.5. The van der Waals surface area contributed by atoms with E-state index >= 15 is 0 Å². The van der Waals surface area contributed by atoms with Gasteiger partial charge in [-0.2, -0.15) is 0 Å². The summed E-state index contributed by atoms with van der Waals surface area (Å²) in [6.45, 7) is 2.38. The molecule has 0 heterocycles. The number of hydrogen-bond donors (Lipinski definition) is 1. The first kappa shape index (κ1) is 10.1. The summed E-state index contributed by atoms with van der Waals surface area (Å²) >= 11 is 5.25. The number of rotatable bonds is 2. The normalized spacial score (nSPS) is 14.4. The fourth-order valence-electron chi connectivity index (χ4n) is 0.426. The lowest BCUT2D eigenvalue weighted by Crippen LogP contribution is -2.00. The van der Waals surface area contributed by atoms with E-state index in [0.29, 0.717) is 0 Å². The van der Waals surface area contributed by atoms with E-state index in [2.05, 4.69) is 4.99 Å². The summed E-state index contributed by atoms with van der Waals surface area (Å²) in [6, 6.07) is 0. The van der Waals surface area contributed by atoms with Crippen LogP contribution < -0.4 is 0 Å². The summed E-state index contributed by atoms with van der Waals surface area (Å²) in [6.07, 6.45) is 0. The molecule has 1 N–H and O–H groups in total. The van der Waals surface area contributed by atoms with Crippen LogP contribution in [-0.4, -0.2) is 16.2 Å². The molecule has 11 heavy (non-hydrogen) atoms. The minimum absolute atomic E-state index is 0.0144. The van der Waals surface area contributed by atoms with Crippen molar-refractivity contribution in [3.8, 4) is 0 Å². The number of allylic oxidation sites excluding steroid dienone is 1. The van der Waals surface area contributed by atoms with Crippen LogP contribution in [-0.2, 0) is 4.79 Å². The maximum Gasteiger partial charge on any atom is 0.357 e. The van der Waals surface area contributed by atoms with Crippen molar-refractivity contribution < 1.29 is 14.3 Å². The van der Waals surface area contributed by atoms with Crippen molar-refractivity contribution in [2.45, 2.75) is 13.8 Å². The zero-order valence-electron chi connectivity index (χ0n) is 6.06. The summed E-state index contributed by atoms with van der Waals surface area (Å²) in [5, 5.41) is 8.31. The minimum Gasteiger partial charge on any atom is -0.476 e. The van der Waals surface area contributed by atoms with Gasteiger partial charge in [0.05, 0.1) is 0 Å². The van der Waals surface area contributed by atoms with Gasteiger partial charge in [-0.1, -0.05) is 11.6 Å². The standard InChI is InChI=1S/C6H7ClFNO2/c1-3(8)5(6(10)11)9-4(2)7/h1-2H3,(H,10,11)/b5-3+,9-4?. The van der Waals surface area contributed by atoms with Gasteiger partial charge in [-0.15, -0.1) is 0 Å². The lowest BCUT2D eigenvalue weighted by molar-refractivity contribution is -0.132. The second kappa shape index (κ2) is 4.08. The molecule has 62 valence electrons. The van der Waals surface area contributed by atoms with Crippen LogP contribution in [0, 0.1) is 0 Å². The molecular formula is C6H7ClFNO2. The highest BCUT2D eigenvalue weighted by Crippen LogP contribution is 2.08. The minimum atomic E-state index is -1.43. The van der Waals surface area contributed by atoms with Crippen molar-refractivity contribution in [3.05, 3.63) is 11.5 Å². The molecular weight excluding hydrogens is 173 g/mol. The number of aliphatic imine (C=N–C) groups is 1. The van der Waals surface area contributed by atoms with Crippen molar-refractivity contribution in [2.75, 3.05) is 0 Å². The van der Waals surface area contributed by atoms with Gasteiger partial charge >= 0.3 is 5.97 Å². The van der Waals surface area contributed by atoms with Crippen molar-refractivity contribution in [1.82, 2.24) is 0 Å². The second-order valence-electron chi connectivity index (χ2n) is 1.80. The molecule has 0 bridgehead atoms. The molecule has 0 aliphatic heterocycles. The summed E-state index contributed by atoms with van der Waals surface area (Å²) in [5.41, 5.74) is -0.655. The Kier molecular flexibility index (Phi) is 3.74. The van der Waals surface area contributed by atoms with Gasteiger partial charge in [-0.3, -0.25) is 0 Å². The van der Waals surface area contributed by atoms with Crippen LogP contribution in [0.5, 0.6) is 0 Å². The fraction of sp³-hybridized carbons (Fsp3) is 0.333. The predicted octanol–water partition coefficient (Wildman–Crippen LogP) is 1.93. The van der Waals surface area contributed by atoms with Crippen LogP contribution in [0.4, 0.5) is 4.39 Å². The monoisotopic (exact) mass is 179 g/mol. The summed E-state index contributed by atoms with van der Waals surface area (Å²) in [5.74, 6) is -2.29. The number of hydrogen-bond acceptors (Lipinski definition) is 2. The van der Waals surface area contributed by atoms with Crippen LogP contribution in [0.25, 0.3) is 0 Å². The summed E-state index contributed by atoms with van der Waals surface area (Å²) in [7, 11) is 0. The Morgan fingerprint density at radius 1 is 1.55 bits per heavy atom. The lowest BCUT2D eigenvalue weighted by Gasteiger charge is -1.93. The SMILES string of the molecule is CC(Cl)=N/C(C(=O)O)=C(\C)F. The van der Waals surface area contributed by atoms with Gasteiger partial charge in [0.2, 0.25) is 0 Å². The van der Waals surface area contributed by atoms with Crippen LogP contribution >= 0.6 is 11.6 Å². The molecule has 0 saturated carbocycles. The van der Waals surface area contributed by atoms with Crippen LogP contribution in [0.2, 0.25) is 0 Å². The Bertz CT molecular complexity index is 227. The Morgan fingerprint density at radius 2 is 2.00 bits per heavy atom. The van der Waals surface area contributed by atoms with Crippen LogP contribution in [0.15, 0.2) is 16.5 Å². The molecule has 0 radical (unpaired) electrons. The molecule has 0 aliphatic carbocycles. The van der Waals surface area contributed by atoms with E-state index in [9.17, 15) is 9.18 Å². The Labute approximate surface area is 68.2 Å². The van der Waals surface area contributed by atoms with Gasteiger partial charge < -0.3 is 5.11 Å².